The topological polar surface area (TPSA) is 29.1 Å². The van der Waals surface area contributed by atoms with Crippen LogP contribution in [0, 0.1) is 0 Å². The second-order valence-electron chi connectivity index (χ2n) is 5.40. The van der Waals surface area contributed by atoms with Crippen LogP contribution in [0.15, 0.2) is 24.3 Å². The van der Waals surface area contributed by atoms with Crippen molar-refractivity contribution in [2.45, 2.75) is 23.4 Å². The number of thiophene rings is 1. The highest BCUT2D eigenvalue weighted by atomic mass is 79.9. The van der Waals surface area contributed by atoms with Gasteiger partial charge in [-0.25, -0.2) is 0 Å². The van der Waals surface area contributed by atoms with E-state index < -0.39 is 0 Å². The predicted octanol–water partition coefficient (Wildman–Crippen LogP) is 4.52. The predicted molar refractivity (Wildman–Crippen MR) is 93.7 cm³/mol. The summed E-state index contributed by atoms with van der Waals surface area (Å²) in [5, 5.41) is 2.89. The van der Waals surface area contributed by atoms with E-state index in [1.165, 1.54) is 28.2 Å². The Morgan fingerprint density at radius 1 is 1.24 bits per heavy atom. The third-order valence-corrected chi connectivity index (χ3v) is 7.58. The first-order chi connectivity index (χ1) is 10.2. The molecular weight excluding hydrogens is 366 g/mol. The number of hydrogen-bond donors (Lipinski definition) is 1. The summed E-state index contributed by atoms with van der Waals surface area (Å²) in [4.78, 5) is 14.6. The first kappa shape index (κ1) is 13.9. The first-order valence-corrected chi connectivity index (χ1v) is 9.85. The molecule has 0 saturated heterocycles. The second kappa shape index (κ2) is 5.45. The number of carbonyl (C=O) groups excluding carboxylic acids is 1. The Hall–Kier alpha value is -0.780. The third-order valence-electron chi connectivity index (χ3n) is 3.94. The lowest BCUT2D eigenvalue weighted by Crippen LogP contribution is -2.03. The van der Waals surface area contributed by atoms with Crippen molar-refractivity contribution in [1.29, 1.82) is 0 Å². The van der Waals surface area contributed by atoms with Gasteiger partial charge >= 0.3 is 0 Å². The van der Waals surface area contributed by atoms with Crippen molar-refractivity contribution in [3.8, 4) is 0 Å². The molecule has 1 atom stereocenters. The molecule has 2 aliphatic heterocycles. The van der Waals surface area contributed by atoms with Gasteiger partial charge in [0, 0.05) is 21.2 Å². The lowest BCUT2D eigenvalue weighted by molar-refractivity contribution is -0.115. The van der Waals surface area contributed by atoms with Crippen LogP contribution in [-0.4, -0.2) is 11.7 Å². The zero-order valence-corrected chi connectivity index (χ0v) is 14.5. The largest absolute Gasteiger partial charge is 0.326 e. The highest BCUT2D eigenvalue weighted by Crippen LogP contribution is 2.41. The molecule has 108 valence electrons. The van der Waals surface area contributed by atoms with E-state index in [1.807, 2.05) is 29.2 Å². The molecule has 0 spiro atoms. The van der Waals surface area contributed by atoms with Gasteiger partial charge < -0.3 is 5.32 Å². The molecule has 1 aromatic carbocycles. The number of aryl methyl sites for hydroxylation is 1. The van der Waals surface area contributed by atoms with Gasteiger partial charge in [0.05, 0.1) is 11.2 Å². The van der Waals surface area contributed by atoms with Gasteiger partial charge in [-0.2, -0.15) is 11.8 Å². The van der Waals surface area contributed by atoms with Crippen molar-refractivity contribution in [3.05, 3.63) is 50.7 Å². The minimum Gasteiger partial charge on any atom is -0.326 e. The molecular formula is C16H14BrNOS2. The van der Waals surface area contributed by atoms with Crippen LogP contribution in [0.2, 0.25) is 0 Å². The van der Waals surface area contributed by atoms with Crippen molar-refractivity contribution >= 4 is 50.6 Å². The standard InChI is InChI=1S/C16H14BrNOS2/c17-16(14-6-11-8-20-4-3-13(11)21-14)9-1-2-12-10(5-9)7-15(19)18-12/h1-2,5-6,16H,3-4,7-8H2,(H,18,19). The van der Waals surface area contributed by atoms with E-state index in [2.05, 4.69) is 39.4 Å². The summed E-state index contributed by atoms with van der Waals surface area (Å²) in [6.07, 6.45) is 1.70. The van der Waals surface area contributed by atoms with Gasteiger partial charge in [0.25, 0.3) is 0 Å². The van der Waals surface area contributed by atoms with Crippen LogP contribution < -0.4 is 5.32 Å². The fourth-order valence-electron chi connectivity index (χ4n) is 2.87. The third kappa shape index (κ3) is 2.56. The normalized spacial score (nSPS) is 18.0. The highest BCUT2D eigenvalue weighted by Gasteiger charge is 2.22. The molecule has 2 aromatic rings. The molecule has 1 amide bonds. The molecule has 0 radical (unpaired) electrons. The molecule has 4 rings (SSSR count). The van der Waals surface area contributed by atoms with Gasteiger partial charge in [-0.1, -0.05) is 28.1 Å². The SMILES string of the molecule is O=C1Cc2cc(C(Br)c3cc4c(s3)CCSC4)ccc2N1. The number of amides is 1. The maximum absolute atomic E-state index is 11.5. The zero-order valence-electron chi connectivity index (χ0n) is 11.3. The highest BCUT2D eigenvalue weighted by molar-refractivity contribution is 9.09. The van der Waals surface area contributed by atoms with E-state index in [1.54, 1.807) is 4.88 Å². The Balaban J connectivity index is 1.65. The Kier molecular flexibility index (Phi) is 3.59. The summed E-state index contributed by atoms with van der Waals surface area (Å²) in [7, 11) is 0. The quantitative estimate of drug-likeness (QED) is 0.777. The fraction of sp³-hybridized carbons (Fsp3) is 0.312. The van der Waals surface area contributed by atoms with Crippen molar-refractivity contribution < 1.29 is 4.79 Å². The number of halogens is 1. The molecule has 2 aliphatic rings. The summed E-state index contributed by atoms with van der Waals surface area (Å²) in [6, 6.07) is 8.63. The zero-order chi connectivity index (χ0) is 14.4. The minimum absolute atomic E-state index is 0.0943. The molecule has 0 fully saturated rings. The molecule has 2 nitrogen and oxygen atoms in total. The van der Waals surface area contributed by atoms with Crippen LogP contribution in [0.3, 0.4) is 0 Å². The molecule has 0 aliphatic carbocycles. The molecule has 0 saturated carbocycles. The monoisotopic (exact) mass is 379 g/mol. The average Bonchev–Trinajstić information content (AvgIpc) is 3.07. The Morgan fingerprint density at radius 3 is 3.00 bits per heavy atom. The molecule has 3 heterocycles. The summed E-state index contributed by atoms with van der Waals surface area (Å²) in [5.41, 5.74) is 4.81. The van der Waals surface area contributed by atoms with E-state index in [0.29, 0.717) is 6.42 Å². The lowest BCUT2D eigenvalue weighted by Gasteiger charge is -2.09. The van der Waals surface area contributed by atoms with Gasteiger partial charge in [-0.15, -0.1) is 11.3 Å². The van der Waals surface area contributed by atoms with Gasteiger partial charge in [0.1, 0.15) is 0 Å². The Labute approximate surface area is 140 Å². The number of carbonyl (C=O) groups is 1. The maximum Gasteiger partial charge on any atom is 0.228 e. The van der Waals surface area contributed by atoms with Crippen molar-refractivity contribution in [2.24, 2.45) is 0 Å². The van der Waals surface area contributed by atoms with Crippen LogP contribution in [0.5, 0.6) is 0 Å². The number of hydrogen-bond acceptors (Lipinski definition) is 3. The number of benzene rings is 1. The van der Waals surface area contributed by atoms with E-state index in [9.17, 15) is 4.79 Å². The number of fused-ring (bicyclic) bond motifs is 2. The van der Waals surface area contributed by atoms with E-state index >= 15 is 0 Å². The number of thioether (sulfide) groups is 1. The van der Waals surface area contributed by atoms with E-state index in [4.69, 9.17) is 0 Å². The Morgan fingerprint density at radius 2 is 2.14 bits per heavy atom. The fourth-order valence-corrected chi connectivity index (χ4v) is 5.95. The average molecular weight is 380 g/mol. The summed E-state index contributed by atoms with van der Waals surface area (Å²) >= 11 is 7.79. The minimum atomic E-state index is 0.0943. The Bertz CT molecular complexity index is 702. The van der Waals surface area contributed by atoms with Gasteiger partial charge in [-0.3, -0.25) is 4.79 Å². The van der Waals surface area contributed by atoms with E-state index in [-0.39, 0.29) is 10.7 Å². The molecule has 1 aromatic heterocycles. The van der Waals surface area contributed by atoms with Gasteiger partial charge in [-0.05, 0) is 41.0 Å². The number of rotatable bonds is 2. The van der Waals surface area contributed by atoms with Crippen molar-refractivity contribution in [1.82, 2.24) is 0 Å². The number of alkyl halides is 1. The summed E-state index contributed by atoms with van der Waals surface area (Å²) < 4.78 is 0. The maximum atomic E-state index is 11.5. The van der Waals surface area contributed by atoms with Crippen molar-refractivity contribution in [3.63, 3.8) is 0 Å². The number of anilines is 1. The smallest absolute Gasteiger partial charge is 0.228 e. The van der Waals surface area contributed by atoms with E-state index in [0.717, 1.165) is 17.0 Å². The summed E-state index contributed by atoms with van der Waals surface area (Å²) in [5.74, 6) is 2.48. The summed E-state index contributed by atoms with van der Waals surface area (Å²) in [6.45, 7) is 0. The first-order valence-electron chi connectivity index (χ1n) is 6.96. The second-order valence-corrected chi connectivity index (χ2v) is 8.59. The number of nitrogens with one attached hydrogen (secondary N) is 1. The van der Waals surface area contributed by atoms with Crippen LogP contribution in [-0.2, 0) is 23.4 Å². The molecule has 5 heteroatoms. The van der Waals surface area contributed by atoms with Crippen molar-refractivity contribution in [2.75, 3.05) is 11.1 Å². The van der Waals surface area contributed by atoms with Gasteiger partial charge in [0.15, 0.2) is 0 Å². The van der Waals surface area contributed by atoms with Crippen LogP contribution in [0.4, 0.5) is 5.69 Å². The lowest BCUT2D eigenvalue weighted by atomic mass is 10.0. The van der Waals surface area contributed by atoms with Crippen LogP contribution in [0.25, 0.3) is 0 Å². The molecule has 1 N–H and O–H groups in total. The molecule has 21 heavy (non-hydrogen) atoms. The van der Waals surface area contributed by atoms with Crippen LogP contribution >= 0.6 is 39.0 Å². The molecule has 0 bridgehead atoms. The molecule has 1 unspecified atom stereocenters. The van der Waals surface area contributed by atoms with Crippen LogP contribution in [0.1, 0.15) is 31.3 Å². The van der Waals surface area contributed by atoms with Gasteiger partial charge in [0.2, 0.25) is 5.91 Å².